The number of urea groups is 1. The summed E-state index contributed by atoms with van der Waals surface area (Å²) in [6.45, 7) is 4.12. The lowest BCUT2D eigenvalue weighted by atomic mass is 10.1. The molecule has 0 bridgehead atoms. The highest BCUT2D eigenvalue weighted by Crippen LogP contribution is 2.20. The van der Waals surface area contributed by atoms with Crippen molar-refractivity contribution in [3.63, 3.8) is 0 Å². The molecule has 8 nitrogen and oxygen atoms in total. The molecule has 2 saturated heterocycles. The van der Waals surface area contributed by atoms with Crippen LogP contribution in [0.4, 0.5) is 26.6 Å². The largest absolute Gasteiger partial charge is 0.357 e. The molecule has 2 aliphatic rings. The molecule has 0 aliphatic carbocycles. The monoisotopic (exact) mass is 399 g/mol. The van der Waals surface area contributed by atoms with E-state index in [-0.39, 0.29) is 17.9 Å². The number of rotatable bonds is 6. The number of likely N-dealkylation sites (tertiary alicyclic amines) is 1. The molecule has 0 radical (unpaired) electrons. The Morgan fingerprint density at radius 3 is 2.86 bits per heavy atom. The smallest absolute Gasteiger partial charge is 0.319 e. The first-order valence-electron chi connectivity index (χ1n) is 9.95. The van der Waals surface area contributed by atoms with Gasteiger partial charge in [0.25, 0.3) is 0 Å². The zero-order valence-corrected chi connectivity index (χ0v) is 16.5. The van der Waals surface area contributed by atoms with Crippen LogP contribution in [0, 0.1) is 5.82 Å². The summed E-state index contributed by atoms with van der Waals surface area (Å²) in [5.74, 6) is 1.11. The Balaban J connectivity index is 1.29. The SMILES string of the molecule is CNc1nccc(N2CC[C@H](NC(=O)Nc3ccc(CN4CCC4)c(F)c3)C2)n1. The zero-order valence-electron chi connectivity index (χ0n) is 16.5. The third-order valence-electron chi connectivity index (χ3n) is 5.37. The van der Waals surface area contributed by atoms with Crippen LogP contribution in [0.25, 0.3) is 0 Å². The maximum Gasteiger partial charge on any atom is 0.319 e. The van der Waals surface area contributed by atoms with Crippen molar-refractivity contribution in [3.8, 4) is 0 Å². The molecule has 0 spiro atoms. The van der Waals surface area contributed by atoms with Crippen LogP contribution in [-0.4, -0.2) is 60.2 Å². The predicted molar refractivity (Wildman–Crippen MR) is 111 cm³/mol. The van der Waals surface area contributed by atoms with E-state index in [1.807, 2.05) is 6.07 Å². The molecule has 29 heavy (non-hydrogen) atoms. The van der Waals surface area contributed by atoms with Gasteiger partial charge in [0, 0.05) is 50.2 Å². The van der Waals surface area contributed by atoms with Crippen molar-refractivity contribution in [3.05, 3.63) is 41.8 Å². The molecule has 9 heteroatoms. The van der Waals surface area contributed by atoms with Crippen molar-refractivity contribution in [1.82, 2.24) is 20.2 Å². The zero-order chi connectivity index (χ0) is 20.2. The van der Waals surface area contributed by atoms with Crippen molar-refractivity contribution in [2.75, 3.05) is 48.8 Å². The highest BCUT2D eigenvalue weighted by Gasteiger charge is 2.25. The van der Waals surface area contributed by atoms with E-state index < -0.39 is 0 Å². The van der Waals surface area contributed by atoms with Crippen molar-refractivity contribution in [2.24, 2.45) is 0 Å². The van der Waals surface area contributed by atoms with Crippen LogP contribution in [0.1, 0.15) is 18.4 Å². The molecule has 1 aromatic carbocycles. The molecular formula is C20H26FN7O. The predicted octanol–water partition coefficient (Wildman–Crippen LogP) is 2.26. The lowest BCUT2D eigenvalue weighted by Gasteiger charge is -2.30. The van der Waals surface area contributed by atoms with E-state index in [1.165, 1.54) is 12.5 Å². The van der Waals surface area contributed by atoms with Crippen LogP contribution in [-0.2, 0) is 6.54 Å². The Bertz CT molecular complexity index is 874. The van der Waals surface area contributed by atoms with Gasteiger partial charge in [0.2, 0.25) is 5.95 Å². The molecule has 3 N–H and O–H groups in total. The first-order chi connectivity index (χ1) is 14.1. The van der Waals surface area contributed by atoms with Crippen molar-refractivity contribution in [1.29, 1.82) is 0 Å². The Hall–Kier alpha value is -2.94. The number of anilines is 3. The number of halogens is 1. The van der Waals surface area contributed by atoms with Crippen molar-refractivity contribution >= 4 is 23.5 Å². The summed E-state index contributed by atoms with van der Waals surface area (Å²) < 4.78 is 14.3. The van der Waals surface area contributed by atoms with E-state index in [0.29, 0.717) is 30.3 Å². The third-order valence-corrected chi connectivity index (χ3v) is 5.37. The van der Waals surface area contributed by atoms with Gasteiger partial charge in [-0.25, -0.2) is 14.2 Å². The van der Waals surface area contributed by atoms with Gasteiger partial charge in [0.1, 0.15) is 11.6 Å². The summed E-state index contributed by atoms with van der Waals surface area (Å²) in [7, 11) is 1.78. The van der Waals surface area contributed by atoms with Crippen LogP contribution in [0.2, 0.25) is 0 Å². The first-order valence-corrected chi connectivity index (χ1v) is 9.95. The Labute approximate surface area is 169 Å². The number of hydrogen-bond acceptors (Lipinski definition) is 6. The highest BCUT2D eigenvalue weighted by molar-refractivity contribution is 5.89. The Morgan fingerprint density at radius 1 is 1.28 bits per heavy atom. The second kappa shape index (κ2) is 8.60. The summed E-state index contributed by atoms with van der Waals surface area (Å²) in [4.78, 5) is 25.2. The topological polar surface area (TPSA) is 85.4 Å². The van der Waals surface area contributed by atoms with Crippen molar-refractivity contribution in [2.45, 2.75) is 25.4 Å². The van der Waals surface area contributed by atoms with Gasteiger partial charge in [-0.3, -0.25) is 4.90 Å². The van der Waals surface area contributed by atoms with Gasteiger partial charge >= 0.3 is 6.03 Å². The van der Waals surface area contributed by atoms with Crippen molar-refractivity contribution < 1.29 is 9.18 Å². The summed E-state index contributed by atoms with van der Waals surface area (Å²) in [6, 6.07) is 6.40. The van der Waals surface area contributed by atoms with Gasteiger partial charge in [0.05, 0.1) is 0 Å². The molecule has 3 heterocycles. The van der Waals surface area contributed by atoms with Crippen LogP contribution in [0.3, 0.4) is 0 Å². The molecule has 0 saturated carbocycles. The number of carbonyl (C=O) groups is 1. The van der Waals surface area contributed by atoms with E-state index in [4.69, 9.17) is 0 Å². The third kappa shape index (κ3) is 4.73. The minimum absolute atomic E-state index is 0.00135. The molecular weight excluding hydrogens is 373 g/mol. The molecule has 2 amide bonds. The van der Waals surface area contributed by atoms with E-state index in [9.17, 15) is 9.18 Å². The van der Waals surface area contributed by atoms with Crippen LogP contribution in [0.15, 0.2) is 30.5 Å². The second-order valence-electron chi connectivity index (χ2n) is 7.45. The fourth-order valence-corrected chi connectivity index (χ4v) is 3.62. The highest BCUT2D eigenvalue weighted by atomic mass is 19.1. The molecule has 0 unspecified atom stereocenters. The molecule has 1 aromatic heterocycles. The average molecular weight is 399 g/mol. The molecule has 2 aromatic rings. The molecule has 2 fully saturated rings. The number of carbonyl (C=O) groups excluding carboxylic acids is 1. The Morgan fingerprint density at radius 2 is 2.14 bits per heavy atom. The molecule has 2 aliphatic heterocycles. The van der Waals surface area contributed by atoms with Gasteiger partial charge in [-0.1, -0.05) is 6.07 Å². The summed E-state index contributed by atoms with van der Waals surface area (Å²) in [5, 5.41) is 8.62. The average Bonchev–Trinajstić information content (AvgIpc) is 3.14. The molecule has 154 valence electrons. The fraction of sp³-hybridized carbons (Fsp3) is 0.450. The number of aromatic nitrogens is 2. The quantitative estimate of drug-likeness (QED) is 0.691. The lowest BCUT2D eigenvalue weighted by molar-refractivity contribution is 0.170. The standard InChI is InChI=1S/C20H26FN7O/c1-22-19-23-7-5-18(26-19)28-10-6-16(13-28)25-20(29)24-15-4-3-14(17(21)11-15)12-27-8-2-9-27/h3-5,7,11,16H,2,6,8-10,12-13H2,1H3,(H,22,23,26)(H2,24,25,29)/t16-/m0/s1. The Kier molecular flexibility index (Phi) is 5.75. The number of nitrogens with one attached hydrogen (secondary N) is 3. The summed E-state index contributed by atoms with van der Waals surface area (Å²) >= 11 is 0. The van der Waals surface area contributed by atoms with E-state index >= 15 is 0 Å². The lowest BCUT2D eigenvalue weighted by Crippen LogP contribution is -2.39. The van der Waals surface area contributed by atoms with Crippen LogP contribution < -0.4 is 20.9 Å². The van der Waals surface area contributed by atoms with Gasteiger partial charge in [-0.2, -0.15) is 4.98 Å². The van der Waals surface area contributed by atoms with Gasteiger partial charge in [-0.15, -0.1) is 0 Å². The van der Waals surface area contributed by atoms with Gasteiger partial charge in [-0.05, 0) is 44.1 Å². The number of benzene rings is 1. The minimum atomic E-state index is -0.328. The van der Waals surface area contributed by atoms with E-state index in [1.54, 1.807) is 25.4 Å². The number of hydrogen-bond donors (Lipinski definition) is 3. The maximum atomic E-state index is 14.3. The van der Waals surface area contributed by atoms with Gasteiger partial charge < -0.3 is 20.9 Å². The summed E-state index contributed by atoms with van der Waals surface area (Å²) in [6.07, 6.45) is 3.70. The molecule has 4 rings (SSSR count). The normalized spacial score (nSPS) is 19.0. The fourth-order valence-electron chi connectivity index (χ4n) is 3.62. The van der Waals surface area contributed by atoms with E-state index in [2.05, 4.69) is 35.7 Å². The first kappa shape index (κ1) is 19.4. The number of amides is 2. The maximum absolute atomic E-state index is 14.3. The van der Waals surface area contributed by atoms with Crippen LogP contribution in [0.5, 0.6) is 0 Å². The minimum Gasteiger partial charge on any atom is -0.357 e. The van der Waals surface area contributed by atoms with E-state index in [0.717, 1.165) is 31.9 Å². The van der Waals surface area contributed by atoms with Gasteiger partial charge in [0.15, 0.2) is 0 Å². The second-order valence-corrected chi connectivity index (χ2v) is 7.45. The summed E-state index contributed by atoms with van der Waals surface area (Å²) in [5.41, 5.74) is 1.12. The molecule has 1 atom stereocenters. The number of nitrogens with zero attached hydrogens (tertiary/aromatic N) is 4. The van der Waals surface area contributed by atoms with Crippen LogP contribution >= 0.6 is 0 Å².